The molecule has 0 atom stereocenters. The summed E-state index contributed by atoms with van der Waals surface area (Å²) in [5, 5.41) is 2.95. The van der Waals surface area contributed by atoms with E-state index in [1.54, 1.807) is 6.33 Å². The van der Waals surface area contributed by atoms with Gasteiger partial charge < -0.3 is 20.0 Å². The second kappa shape index (κ2) is 8.24. The number of amides is 2. The van der Waals surface area contributed by atoms with Gasteiger partial charge in [-0.1, -0.05) is 18.2 Å². The number of anilines is 3. The van der Waals surface area contributed by atoms with Crippen molar-refractivity contribution in [1.29, 1.82) is 0 Å². The summed E-state index contributed by atoms with van der Waals surface area (Å²) in [6.07, 6.45) is 5.43. The van der Waals surface area contributed by atoms with Crippen LogP contribution in [0.4, 0.5) is 22.1 Å². The third-order valence-corrected chi connectivity index (χ3v) is 5.23. The minimum absolute atomic E-state index is 0.0439. The standard InChI is InChI=1S/C20H26N6O/c27-20(23-17-7-3-1-4-8-17)26-13-11-25(12-14-26)19-15-18(21-16-22-19)24-9-5-2-6-10-24/h1,3-4,7-8,15-16H,2,5-6,9-14H2,(H,23,27). The topological polar surface area (TPSA) is 64.6 Å². The van der Waals surface area contributed by atoms with Crippen LogP contribution in [0.5, 0.6) is 0 Å². The van der Waals surface area contributed by atoms with E-state index < -0.39 is 0 Å². The monoisotopic (exact) mass is 366 g/mol. The maximum Gasteiger partial charge on any atom is 0.321 e. The number of hydrogen-bond acceptors (Lipinski definition) is 5. The fourth-order valence-corrected chi connectivity index (χ4v) is 3.67. The molecule has 2 aliphatic heterocycles. The number of urea groups is 1. The van der Waals surface area contributed by atoms with Crippen molar-refractivity contribution in [2.75, 3.05) is 54.4 Å². The van der Waals surface area contributed by atoms with Crippen molar-refractivity contribution < 1.29 is 4.79 Å². The van der Waals surface area contributed by atoms with Crippen LogP contribution >= 0.6 is 0 Å². The number of rotatable bonds is 3. The van der Waals surface area contributed by atoms with Gasteiger partial charge in [0, 0.05) is 51.0 Å². The normalized spacial score (nSPS) is 17.7. The molecule has 1 aromatic carbocycles. The molecular formula is C20H26N6O. The van der Waals surface area contributed by atoms with E-state index in [4.69, 9.17) is 0 Å². The number of carbonyl (C=O) groups is 1. The van der Waals surface area contributed by atoms with Gasteiger partial charge in [0.2, 0.25) is 0 Å². The number of hydrogen-bond donors (Lipinski definition) is 1. The Kier molecular flexibility index (Phi) is 5.37. The summed E-state index contributed by atoms with van der Waals surface area (Å²) in [5.74, 6) is 1.97. The molecule has 0 aliphatic carbocycles. The highest BCUT2D eigenvalue weighted by Crippen LogP contribution is 2.22. The van der Waals surface area contributed by atoms with Crippen LogP contribution in [-0.4, -0.2) is 60.2 Å². The molecule has 4 rings (SSSR count). The lowest BCUT2D eigenvalue weighted by Crippen LogP contribution is -2.50. The molecule has 2 amide bonds. The maximum absolute atomic E-state index is 12.4. The summed E-state index contributed by atoms with van der Waals surface area (Å²) in [6.45, 7) is 5.06. The lowest BCUT2D eigenvalue weighted by molar-refractivity contribution is 0.208. The zero-order chi connectivity index (χ0) is 18.5. The Labute approximate surface area is 160 Å². The summed E-state index contributed by atoms with van der Waals surface area (Å²) in [5.41, 5.74) is 0.826. The van der Waals surface area contributed by atoms with E-state index in [0.717, 1.165) is 43.5 Å². The van der Waals surface area contributed by atoms with E-state index in [0.29, 0.717) is 13.1 Å². The molecule has 2 aliphatic rings. The molecule has 0 radical (unpaired) electrons. The van der Waals surface area contributed by atoms with E-state index in [2.05, 4.69) is 31.2 Å². The predicted molar refractivity (Wildman–Crippen MR) is 107 cm³/mol. The van der Waals surface area contributed by atoms with Crippen molar-refractivity contribution in [3.8, 4) is 0 Å². The Hall–Kier alpha value is -2.83. The zero-order valence-electron chi connectivity index (χ0n) is 15.5. The first kappa shape index (κ1) is 17.6. The molecule has 2 saturated heterocycles. The van der Waals surface area contributed by atoms with Crippen LogP contribution in [-0.2, 0) is 0 Å². The Morgan fingerprint density at radius 3 is 2.11 bits per heavy atom. The van der Waals surface area contributed by atoms with Crippen LogP contribution in [0.1, 0.15) is 19.3 Å². The van der Waals surface area contributed by atoms with Crippen LogP contribution in [0.25, 0.3) is 0 Å². The fraction of sp³-hybridized carbons (Fsp3) is 0.450. The minimum Gasteiger partial charge on any atom is -0.356 e. The van der Waals surface area contributed by atoms with E-state index >= 15 is 0 Å². The van der Waals surface area contributed by atoms with Gasteiger partial charge in [-0.05, 0) is 31.4 Å². The summed E-state index contributed by atoms with van der Waals surface area (Å²) >= 11 is 0. The van der Waals surface area contributed by atoms with Gasteiger partial charge in [-0.25, -0.2) is 14.8 Å². The average Bonchev–Trinajstić information content (AvgIpc) is 2.75. The molecule has 1 aromatic heterocycles. The van der Waals surface area contributed by atoms with Gasteiger partial charge in [0.1, 0.15) is 18.0 Å². The second-order valence-corrected chi connectivity index (χ2v) is 7.05. The number of piperazine rings is 1. The molecule has 0 unspecified atom stereocenters. The molecule has 2 aromatic rings. The number of nitrogens with zero attached hydrogens (tertiary/aromatic N) is 5. The van der Waals surface area contributed by atoms with Gasteiger partial charge in [0.05, 0.1) is 0 Å². The predicted octanol–water partition coefficient (Wildman–Crippen LogP) is 2.82. The van der Waals surface area contributed by atoms with Crippen molar-refractivity contribution in [2.24, 2.45) is 0 Å². The van der Waals surface area contributed by atoms with Crippen LogP contribution < -0.4 is 15.1 Å². The first-order valence-electron chi connectivity index (χ1n) is 9.72. The highest BCUT2D eigenvalue weighted by Gasteiger charge is 2.23. The molecule has 0 bridgehead atoms. The summed E-state index contributed by atoms with van der Waals surface area (Å²) in [7, 11) is 0. The van der Waals surface area contributed by atoms with Gasteiger partial charge in [0.15, 0.2) is 0 Å². The maximum atomic E-state index is 12.4. The van der Waals surface area contributed by atoms with E-state index in [1.807, 2.05) is 35.2 Å². The smallest absolute Gasteiger partial charge is 0.321 e. The third kappa shape index (κ3) is 4.30. The zero-order valence-corrected chi connectivity index (χ0v) is 15.5. The first-order valence-corrected chi connectivity index (χ1v) is 9.72. The number of aromatic nitrogens is 2. The molecule has 27 heavy (non-hydrogen) atoms. The summed E-state index contributed by atoms with van der Waals surface area (Å²) < 4.78 is 0. The lowest BCUT2D eigenvalue weighted by Gasteiger charge is -2.36. The molecule has 0 saturated carbocycles. The van der Waals surface area contributed by atoms with Gasteiger partial charge in [-0.2, -0.15) is 0 Å². The highest BCUT2D eigenvalue weighted by atomic mass is 16.2. The Balaban J connectivity index is 1.34. The van der Waals surface area contributed by atoms with Crippen molar-refractivity contribution in [1.82, 2.24) is 14.9 Å². The van der Waals surface area contributed by atoms with Crippen molar-refractivity contribution in [3.63, 3.8) is 0 Å². The quantitative estimate of drug-likeness (QED) is 0.905. The first-order chi connectivity index (χ1) is 13.3. The minimum atomic E-state index is -0.0439. The Bertz CT molecular complexity index is 754. The Morgan fingerprint density at radius 1 is 0.815 bits per heavy atom. The van der Waals surface area contributed by atoms with E-state index in [9.17, 15) is 4.79 Å². The fourth-order valence-electron chi connectivity index (χ4n) is 3.67. The average molecular weight is 366 g/mol. The molecule has 7 nitrogen and oxygen atoms in total. The van der Waals surface area contributed by atoms with Gasteiger partial charge in [-0.3, -0.25) is 0 Å². The van der Waals surface area contributed by atoms with Crippen molar-refractivity contribution in [2.45, 2.75) is 19.3 Å². The molecule has 0 spiro atoms. The number of para-hydroxylation sites is 1. The van der Waals surface area contributed by atoms with Crippen LogP contribution in [0.3, 0.4) is 0 Å². The Morgan fingerprint density at radius 2 is 1.44 bits per heavy atom. The largest absolute Gasteiger partial charge is 0.356 e. The molecular weight excluding hydrogens is 340 g/mol. The summed E-state index contributed by atoms with van der Waals surface area (Å²) in [4.78, 5) is 27.8. The molecule has 7 heteroatoms. The number of benzene rings is 1. The third-order valence-electron chi connectivity index (χ3n) is 5.23. The van der Waals surface area contributed by atoms with Gasteiger partial charge >= 0.3 is 6.03 Å². The van der Waals surface area contributed by atoms with Crippen LogP contribution in [0.2, 0.25) is 0 Å². The lowest BCUT2D eigenvalue weighted by atomic mass is 10.1. The van der Waals surface area contributed by atoms with Crippen LogP contribution in [0.15, 0.2) is 42.7 Å². The van der Waals surface area contributed by atoms with Crippen LogP contribution in [0, 0.1) is 0 Å². The molecule has 142 valence electrons. The summed E-state index contributed by atoms with van der Waals surface area (Å²) in [6, 6.07) is 11.6. The molecule has 1 N–H and O–H groups in total. The van der Waals surface area contributed by atoms with E-state index in [-0.39, 0.29) is 6.03 Å². The highest BCUT2D eigenvalue weighted by molar-refractivity contribution is 5.89. The van der Waals surface area contributed by atoms with Gasteiger partial charge in [0.25, 0.3) is 0 Å². The van der Waals surface area contributed by atoms with Crippen molar-refractivity contribution >= 4 is 23.4 Å². The number of nitrogens with one attached hydrogen (secondary N) is 1. The van der Waals surface area contributed by atoms with E-state index in [1.165, 1.54) is 19.3 Å². The van der Waals surface area contributed by atoms with Gasteiger partial charge in [-0.15, -0.1) is 0 Å². The molecule has 3 heterocycles. The second-order valence-electron chi connectivity index (χ2n) is 7.05. The molecule has 2 fully saturated rings. The van der Waals surface area contributed by atoms with Crippen molar-refractivity contribution in [3.05, 3.63) is 42.7 Å². The SMILES string of the molecule is O=C(Nc1ccccc1)N1CCN(c2cc(N3CCCCC3)ncn2)CC1. The number of piperidine rings is 1. The number of carbonyl (C=O) groups excluding carboxylic acids is 1.